The molecular weight excluding hydrogens is 720 g/mol. The Morgan fingerprint density at radius 3 is 1.31 bits per heavy atom. The number of aliphatic hydroxyl groups is 2. The molecule has 282 valence electrons. The summed E-state index contributed by atoms with van der Waals surface area (Å²) in [6.45, 7) is 5.61. The first-order valence-electron chi connectivity index (χ1n) is 16.4. The van der Waals surface area contributed by atoms with Gasteiger partial charge >= 0.3 is 23.9 Å². The fourth-order valence-electron chi connectivity index (χ4n) is 8.45. The molecule has 8 unspecified atom stereocenters. The number of hydrogen-bond acceptors (Lipinski definition) is 16. The zero-order chi connectivity index (χ0) is 39.2. The van der Waals surface area contributed by atoms with Crippen LogP contribution in [0.1, 0.15) is 51.7 Å². The number of phenolic OH excluding ortho intramolecular Hbond substituents is 2. The van der Waals surface area contributed by atoms with E-state index in [4.69, 9.17) is 38.6 Å². The highest BCUT2D eigenvalue weighted by Crippen LogP contribution is 2.61. The number of carboxylic acids is 2. The summed E-state index contributed by atoms with van der Waals surface area (Å²) in [5, 5.41) is 64.7. The summed E-state index contributed by atoms with van der Waals surface area (Å²) in [6.07, 6.45) is -7.24. The number of benzene rings is 2. The molecule has 18 heteroatoms. The molecule has 0 spiro atoms. The fourth-order valence-corrected chi connectivity index (χ4v) is 8.45. The largest absolute Gasteiger partial charge is 0.506 e. The van der Waals surface area contributed by atoms with Crippen LogP contribution in [-0.4, -0.2) is 113 Å². The van der Waals surface area contributed by atoms with Crippen molar-refractivity contribution in [2.24, 2.45) is 0 Å². The number of Topliss-reactive ketones (excluding diaryl/α,β-unsaturated/α-hetero) is 2. The molecule has 0 radical (unpaired) electrons. The Hall–Kier alpha value is -6.14. The highest BCUT2D eigenvalue weighted by Gasteiger charge is 2.77. The van der Waals surface area contributed by atoms with Crippen LogP contribution in [0.4, 0.5) is 0 Å². The molecule has 54 heavy (non-hydrogen) atoms. The van der Waals surface area contributed by atoms with Crippen LogP contribution < -0.4 is 9.47 Å². The second-order valence-corrected chi connectivity index (χ2v) is 14.5. The maximum atomic E-state index is 13.6. The highest BCUT2D eigenvalue weighted by molar-refractivity contribution is 6.12. The number of aromatic hydroxyl groups is 2. The van der Waals surface area contributed by atoms with Crippen molar-refractivity contribution in [3.05, 3.63) is 46.5 Å². The van der Waals surface area contributed by atoms with Crippen molar-refractivity contribution in [1.29, 1.82) is 0 Å². The van der Waals surface area contributed by atoms with Gasteiger partial charge in [0.2, 0.25) is 0 Å². The molecule has 2 aromatic rings. The molecule has 4 aliphatic heterocycles. The predicted molar refractivity (Wildman–Crippen MR) is 173 cm³/mol. The van der Waals surface area contributed by atoms with Gasteiger partial charge in [-0.1, -0.05) is 0 Å². The predicted octanol–water partition coefficient (Wildman–Crippen LogP) is 1.86. The number of aliphatic hydroxyl groups excluding tert-OH is 2. The standard InChI is InChI=1S/C36H30O18/c1-33-21(27(47)29-35(3,53-29)31(33)49-17(41)9-15(37)38)25(45)19-13(51-33)7-5-11(23(19)43)12-6-8-14-20(24(12)44)26(46)22-28(48)30-36(4,54-30)32(34(22,2)52-14)50-18(42)10-16(39)40/h5-8,29-32,43-46H,9-10H2,1-4H3,(H,37,38)(H,39,40). The Morgan fingerprint density at radius 1 is 0.630 bits per heavy atom. The number of phenols is 2. The van der Waals surface area contributed by atoms with E-state index in [-0.39, 0.29) is 22.6 Å². The maximum absolute atomic E-state index is 13.6. The van der Waals surface area contributed by atoms with E-state index in [9.17, 15) is 49.2 Å². The van der Waals surface area contributed by atoms with E-state index in [2.05, 4.69) is 0 Å². The third-order valence-electron chi connectivity index (χ3n) is 10.9. The van der Waals surface area contributed by atoms with Gasteiger partial charge in [0.15, 0.2) is 47.2 Å². The first-order valence-corrected chi connectivity index (χ1v) is 16.4. The average molecular weight is 751 g/mol. The highest BCUT2D eigenvalue weighted by atomic mass is 16.7. The van der Waals surface area contributed by atoms with Crippen molar-refractivity contribution in [3.8, 4) is 34.1 Å². The van der Waals surface area contributed by atoms with Gasteiger partial charge in [0.05, 0.1) is 11.1 Å². The maximum Gasteiger partial charge on any atom is 0.317 e. The summed E-state index contributed by atoms with van der Waals surface area (Å²) in [7, 11) is 0. The minimum absolute atomic E-state index is 0.159. The summed E-state index contributed by atoms with van der Waals surface area (Å²) in [5.74, 6) is -10.1. The molecule has 4 fully saturated rings. The van der Waals surface area contributed by atoms with Crippen LogP contribution in [0.3, 0.4) is 0 Å². The van der Waals surface area contributed by atoms with Crippen molar-refractivity contribution in [1.82, 2.24) is 0 Å². The Labute approximate surface area is 302 Å². The van der Waals surface area contributed by atoms with Crippen LogP contribution in [0.5, 0.6) is 23.0 Å². The van der Waals surface area contributed by atoms with E-state index in [1.165, 1.54) is 52.0 Å². The van der Waals surface area contributed by atoms with Crippen molar-refractivity contribution in [3.63, 3.8) is 0 Å². The van der Waals surface area contributed by atoms with Gasteiger partial charge in [-0.05, 0) is 52.0 Å². The number of fused-ring (bicyclic) bond motifs is 6. The van der Waals surface area contributed by atoms with Crippen molar-refractivity contribution in [2.45, 2.75) is 87.4 Å². The number of ketones is 2. The summed E-state index contributed by atoms with van der Waals surface area (Å²) in [5.41, 5.74) is -8.63. The molecule has 4 heterocycles. The van der Waals surface area contributed by atoms with E-state index in [0.29, 0.717) is 0 Å². The molecule has 2 aromatic carbocycles. The quantitative estimate of drug-likeness (QED) is 0.134. The Balaban J connectivity index is 1.20. The third-order valence-corrected chi connectivity index (χ3v) is 10.9. The topological polar surface area (TPSA) is 286 Å². The van der Waals surface area contributed by atoms with E-state index in [1.54, 1.807) is 0 Å². The fraction of sp³-hybridized carbons (Fsp3) is 0.389. The number of carboxylic acid groups (broad SMARTS) is 2. The molecule has 0 bridgehead atoms. The smallest absolute Gasteiger partial charge is 0.317 e. The number of aliphatic carboxylic acids is 2. The Bertz CT molecular complexity index is 2110. The minimum atomic E-state index is -1.92. The number of ether oxygens (including phenoxy) is 6. The van der Waals surface area contributed by atoms with Gasteiger partial charge in [0.25, 0.3) is 0 Å². The first kappa shape index (κ1) is 34.9. The van der Waals surface area contributed by atoms with Crippen LogP contribution in [0.25, 0.3) is 22.6 Å². The first-order chi connectivity index (χ1) is 25.2. The molecule has 0 aromatic heterocycles. The molecule has 6 aliphatic rings. The van der Waals surface area contributed by atoms with Gasteiger partial charge in [-0.3, -0.25) is 28.8 Å². The number of hydrogen-bond donors (Lipinski definition) is 6. The van der Waals surface area contributed by atoms with Gasteiger partial charge < -0.3 is 59.1 Å². The van der Waals surface area contributed by atoms with E-state index < -0.39 is 140 Å². The number of carbonyl (C=O) groups excluding carboxylic acids is 4. The summed E-state index contributed by atoms with van der Waals surface area (Å²) < 4.78 is 34.5. The lowest BCUT2D eigenvalue weighted by atomic mass is 9.70. The zero-order valence-electron chi connectivity index (χ0n) is 28.6. The molecule has 0 amide bonds. The normalized spacial score (nSPS) is 33.7. The number of carbonyl (C=O) groups is 6. The summed E-state index contributed by atoms with van der Waals surface area (Å²) in [6, 6.07) is 5.11. The van der Waals surface area contributed by atoms with Crippen molar-refractivity contribution in [2.75, 3.05) is 0 Å². The Kier molecular flexibility index (Phi) is 6.94. The monoisotopic (exact) mass is 750 g/mol. The number of rotatable bonds is 7. The van der Waals surface area contributed by atoms with E-state index in [1.807, 2.05) is 0 Å². The van der Waals surface area contributed by atoms with Crippen LogP contribution in [-0.2, 0) is 47.7 Å². The lowest BCUT2D eigenvalue weighted by Gasteiger charge is -2.45. The zero-order valence-corrected chi connectivity index (χ0v) is 28.6. The summed E-state index contributed by atoms with van der Waals surface area (Å²) >= 11 is 0. The average Bonchev–Trinajstić information content (AvgIpc) is 3.95. The lowest BCUT2D eigenvalue weighted by molar-refractivity contribution is -0.170. The van der Waals surface area contributed by atoms with Gasteiger partial charge in [0, 0.05) is 11.1 Å². The number of epoxide rings is 2. The lowest BCUT2D eigenvalue weighted by Crippen LogP contribution is -2.62. The molecule has 8 rings (SSSR count). The van der Waals surface area contributed by atoms with Crippen LogP contribution in [0.2, 0.25) is 0 Å². The van der Waals surface area contributed by atoms with Crippen LogP contribution in [0.15, 0.2) is 35.4 Å². The van der Waals surface area contributed by atoms with Gasteiger partial charge in [-0.2, -0.15) is 0 Å². The Morgan fingerprint density at radius 2 is 0.981 bits per heavy atom. The van der Waals surface area contributed by atoms with E-state index in [0.717, 1.165) is 0 Å². The van der Waals surface area contributed by atoms with Crippen molar-refractivity contribution < 1.29 is 87.8 Å². The SMILES string of the molecule is CC12Oc3ccc(-c4ccc5c(c4O)C(O)=C4C(=O)C6OC6(C)C(OC(=O)CC(=O)O)C4(C)O5)c(O)c3C(O)=C1C(=O)C1OC1(C)C2OC(=O)CC(=O)O. The molecular formula is C36H30O18. The molecule has 2 aliphatic carbocycles. The van der Waals surface area contributed by atoms with Gasteiger partial charge in [-0.25, -0.2) is 0 Å². The van der Waals surface area contributed by atoms with Crippen molar-refractivity contribution >= 4 is 47.0 Å². The molecule has 6 N–H and O–H groups in total. The minimum Gasteiger partial charge on any atom is -0.506 e. The summed E-state index contributed by atoms with van der Waals surface area (Å²) in [4.78, 5) is 74.4. The van der Waals surface area contributed by atoms with E-state index >= 15 is 0 Å². The second-order valence-electron chi connectivity index (χ2n) is 14.5. The molecule has 2 saturated carbocycles. The molecule has 8 atom stereocenters. The van der Waals surface area contributed by atoms with Gasteiger partial charge in [-0.15, -0.1) is 0 Å². The number of esters is 2. The second kappa shape index (κ2) is 10.7. The molecule has 18 nitrogen and oxygen atoms in total. The van der Waals surface area contributed by atoms with Crippen LogP contribution in [0, 0.1) is 0 Å². The van der Waals surface area contributed by atoms with Gasteiger partial charge in [0.1, 0.15) is 69.7 Å². The molecule has 2 saturated heterocycles. The van der Waals surface area contributed by atoms with Crippen LogP contribution >= 0.6 is 0 Å². The third kappa shape index (κ3) is 4.46.